The Bertz CT molecular complexity index is 988. The predicted molar refractivity (Wildman–Crippen MR) is 128 cm³/mol. The molecule has 0 saturated carbocycles. The molecule has 33 heavy (non-hydrogen) atoms. The van der Waals surface area contributed by atoms with Crippen molar-refractivity contribution in [3.05, 3.63) is 24.3 Å². The lowest BCUT2D eigenvalue weighted by Gasteiger charge is -2.39. The van der Waals surface area contributed by atoms with Gasteiger partial charge in [-0.05, 0) is 43.5 Å². The van der Waals surface area contributed by atoms with Crippen LogP contribution in [0.1, 0.15) is 25.7 Å². The van der Waals surface area contributed by atoms with Crippen molar-refractivity contribution in [2.45, 2.75) is 25.7 Å². The van der Waals surface area contributed by atoms with Crippen molar-refractivity contribution in [1.29, 1.82) is 0 Å². The molecule has 0 unspecified atom stereocenters. The van der Waals surface area contributed by atoms with Crippen LogP contribution in [0.2, 0.25) is 0 Å². The van der Waals surface area contributed by atoms with Gasteiger partial charge in [-0.15, -0.1) is 10.2 Å². The number of amides is 2. The number of aromatic nitrogens is 2. The van der Waals surface area contributed by atoms with Crippen LogP contribution in [0, 0.1) is 5.92 Å². The number of rotatable bonds is 5. The first-order valence-corrected chi connectivity index (χ1v) is 12.5. The quantitative estimate of drug-likeness (QED) is 0.663. The number of hydrogen-bond donors (Lipinski definition) is 0. The molecule has 1 aromatic carbocycles. The molecule has 2 aromatic rings. The molecule has 0 aliphatic carbocycles. The molecule has 10 heteroatoms. The van der Waals surface area contributed by atoms with Crippen LogP contribution in [0.4, 0.5) is 16.0 Å². The molecule has 176 valence electrons. The molecule has 0 N–H and O–H groups in total. The third-order valence-corrected chi connectivity index (χ3v) is 7.79. The van der Waals surface area contributed by atoms with Crippen LogP contribution in [-0.2, 0) is 9.59 Å². The maximum absolute atomic E-state index is 13.3. The fourth-order valence-electron chi connectivity index (χ4n) is 4.88. The van der Waals surface area contributed by atoms with E-state index in [2.05, 4.69) is 32.1 Å². The summed E-state index contributed by atoms with van der Waals surface area (Å²) in [6.45, 7) is 5.40. The van der Waals surface area contributed by atoms with E-state index < -0.39 is 0 Å². The highest BCUT2D eigenvalue weighted by atomic mass is 32.1. The second-order valence-electron chi connectivity index (χ2n) is 8.81. The number of piperazine rings is 1. The van der Waals surface area contributed by atoms with Gasteiger partial charge in [0.15, 0.2) is 0 Å². The standard InChI is InChI=1S/C23H30N6O3S/c1-32-19-8-6-18(7-9-19)26-12-14-27(15-13-26)21(31)17-4-2-10-28(16-17)22-24-25-23(33-22)29-11-3-5-20(29)30/h6-9,17H,2-5,10-16H2,1H3/t17-/m1/s1. The molecule has 5 rings (SSSR count). The molecular formula is C23H30N6O3S. The number of ether oxygens (including phenoxy) is 1. The van der Waals surface area contributed by atoms with E-state index in [-0.39, 0.29) is 17.7 Å². The van der Waals surface area contributed by atoms with Gasteiger partial charge >= 0.3 is 0 Å². The molecule has 0 bridgehead atoms. The van der Waals surface area contributed by atoms with E-state index in [1.165, 1.54) is 11.3 Å². The Kier molecular flexibility index (Phi) is 6.34. The van der Waals surface area contributed by atoms with Gasteiger partial charge in [-0.25, -0.2) is 0 Å². The minimum absolute atomic E-state index is 0.0212. The van der Waals surface area contributed by atoms with Gasteiger partial charge in [0.1, 0.15) is 5.75 Å². The van der Waals surface area contributed by atoms with Crippen LogP contribution in [0.25, 0.3) is 0 Å². The fraction of sp³-hybridized carbons (Fsp3) is 0.565. The Morgan fingerprint density at radius 3 is 2.42 bits per heavy atom. The summed E-state index contributed by atoms with van der Waals surface area (Å²) >= 11 is 1.46. The van der Waals surface area contributed by atoms with Gasteiger partial charge in [0.25, 0.3) is 0 Å². The molecule has 0 spiro atoms. The Hall–Kier alpha value is -2.88. The molecule has 1 aromatic heterocycles. The molecular weight excluding hydrogens is 440 g/mol. The summed E-state index contributed by atoms with van der Waals surface area (Å²) < 4.78 is 5.24. The van der Waals surface area contributed by atoms with Gasteiger partial charge < -0.3 is 19.4 Å². The van der Waals surface area contributed by atoms with E-state index in [4.69, 9.17) is 4.74 Å². The van der Waals surface area contributed by atoms with Crippen molar-refractivity contribution in [2.75, 3.05) is 67.6 Å². The number of nitrogens with zero attached hydrogens (tertiary/aromatic N) is 6. The molecule has 0 radical (unpaired) electrons. The van der Waals surface area contributed by atoms with Crippen molar-refractivity contribution in [3.8, 4) is 5.75 Å². The van der Waals surface area contributed by atoms with E-state index in [1.54, 1.807) is 12.0 Å². The second-order valence-corrected chi connectivity index (χ2v) is 9.75. The molecule has 4 heterocycles. The lowest BCUT2D eigenvalue weighted by molar-refractivity contribution is -0.136. The molecule has 9 nitrogen and oxygen atoms in total. The predicted octanol–water partition coefficient (Wildman–Crippen LogP) is 2.24. The van der Waals surface area contributed by atoms with Gasteiger partial charge in [-0.1, -0.05) is 11.3 Å². The van der Waals surface area contributed by atoms with Crippen LogP contribution >= 0.6 is 11.3 Å². The average Bonchev–Trinajstić information content (AvgIpc) is 3.53. The maximum atomic E-state index is 13.3. The number of anilines is 3. The number of methoxy groups -OCH3 is 1. The number of benzene rings is 1. The number of piperidine rings is 1. The summed E-state index contributed by atoms with van der Waals surface area (Å²) in [5.41, 5.74) is 1.16. The molecule has 2 amide bonds. The van der Waals surface area contributed by atoms with E-state index in [0.717, 1.165) is 75.1 Å². The number of hydrogen-bond acceptors (Lipinski definition) is 8. The zero-order chi connectivity index (χ0) is 22.8. The molecule has 3 aliphatic rings. The van der Waals surface area contributed by atoms with Crippen LogP contribution in [0.5, 0.6) is 5.75 Å². The summed E-state index contributed by atoms with van der Waals surface area (Å²) in [5.74, 6) is 1.20. The van der Waals surface area contributed by atoms with Gasteiger partial charge in [0, 0.05) is 57.9 Å². The van der Waals surface area contributed by atoms with Crippen LogP contribution in [0.15, 0.2) is 24.3 Å². The minimum atomic E-state index is -0.0212. The first-order chi connectivity index (χ1) is 16.1. The summed E-state index contributed by atoms with van der Waals surface area (Å²) in [6.07, 6.45) is 3.32. The van der Waals surface area contributed by atoms with Crippen LogP contribution < -0.4 is 19.4 Å². The van der Waals surface area contributed by atoms with Gasteiger partial charge in [0.2, 0.25) is 22.1 Å². The average molecular weight is 471 g/mol. The smallest absolute Gasteiger partial charge is 0.228 e. The summed E-state index contributed by atoms with van der Waals surface area (Å²) in [6, 6.07) is 8.09. The topological polar surface area (TPSA) is 82.1 Å². The fourth-order valence-corrected chi connectivity index (χ4v) is 5.81. The number of carbonyl (C=O) groups is 2. The van der Waals surface area contributed by atoms with E-state index in [9.17, 15) is 9.59 Å². The van der Waals surface area contributed by atoms with Gasteiger partial charge in [-0.2, -0.15) is 0 Å². The van der Waals surface area contributed by atoms with E-state index in [0.29, 0.717) is 18.1 Å². The lowest BCUT2D eigenvalue weighted by atomic mass is 9.96. The summed E-state index contributed by atoms with van der Waals surface area (Å²) in [4.78, 5) is 33.5. The van der Waals surface area contributed by atoms with E-state index >= 15 is 0 Å². The van der Waals surface area contributed by atoms with Crippen molar-refractivity contribution in [1.82, 2.24) is 15.1 Å². The number of carbonyl (C=O) groups excluding carboxylic acids is 2. The first kappa shape index (κ1) is 21.9. The highest BCUT2D eigenvalue weighted by molar-refractivity contribution is 7.19. The van der Waals surface area contributed by atoms with Crippen LogP contribution in [0.3, 0.4) is 0 Å². The highest BCUT2D eigenvalue weighted by Gasteiger charge is 2.33. The SMILES string of the molecule is COc1ccc(N2CCN(C(=O)[C@@H]3CCCN(c4nnc(N5CCCC5=O)s4)C3)CC2)cc1. The Morgan fingerprint density at radius 1 is 0.970 bits per heavy atom. The molecule has 3 saturated heterocycles. The summed E-state index contributed by atoms with van der Waals surface area (Å²) in [7, 11) is 1.67. The highest BCUT2D eigenvalue weighted by Crippen LogP contribution is 2.32. The van der Waals surface area contributed by atoms with Crippen molar-refractivity contribution in [3.63, 3.8) is 0 Å². The molecule has 3 fully saturated rings. The Morgan fingerprint density at radius 2 is 1.73 bits per heavy atom. The van der Waals surface area contributed by atoms with Crippen molar-refractivity contribution < 1.29 is 14.3 Å². The first-order valence-electron chi connectivity index (χ1n) is 11.7. The van der Waals surface area contributed by atoms with E-state index in [1.807, 2.05) is 17.0 Å². The zero-order valence-electron chi connectivity index (χ0n) is 19.0. The maximum Gasteiger partial charge on any atom is 0.228 e. The Labute approximate surface area is 197 Å². The molecule has 3 aliphatic heterocycles. The van der Waals surface area contributed by atoms with Crippen molar-refractivity contribution >= 4 is 39.1 Å². The Balaban J connectivity index is 1.17. The second kappa shape index (κ2) is 9.54. The normalized spacial score (nSPS) is 21.6. The third kappa shape index (κ3) is 4.62. The van der Waals surface area contributed by atoms with Gasteiger partial charge in [0.05, 0.1) is 13.0 Å². The lowest BCUT2D eigenvalue weighted by Crippen LogP contribution is -2.52. The van der Waals surface area contributed by atoms with Gasteiger partial charge in [-0.3, -0.25) is 14.5 Å². The van der Waals surface area contributed by atoms with Crippen LogP contribution in [-0.4, -0.2) is 79.8 Å². The summed E-state index contributed by atoms with van der Waals surface area (Å²) in [5, 5.41) is 10.1. The van der Waals surface area contributed by atoms with Crippen molar-refractivity contribution in [2.24, 2.45) is 5.92 Å². The monoisotopic (exact) mass is 470 g/mol. The minimum Gasteiger partial charge on any atom is -0.497 e. The zero-order valence-corrected chi connectivity index (χ0v) is 19.8. The largest absolute Gasteiger partial charge is 0.497 e. The third-order valence-electron chi connectivity index (χ3n) is 6.78. The molecule has 1 atom stereocenters.